The number of rotatable bonds is 2. The Labute approximate surface area is 188 Å². The molecule has 0 aliphatic heterocycles. The van der Waals surface area contributed by atoms with Crippen molar-refractivity contribution in [3.05, 3.63) is 130 Å². The largest absolute Gasteiger partial charge is 0.342 e. The smallest absolute Gasteiger partial charge is 0.0713 e. The minimum Gasteiger partial charge on any atom is -0.342 e. The lowest BCUT2D eigenvalue weighted by Gasteiger charge is -2.33. The van der Waals surface area contributed by atoms with Crippen LogP contribution in [0.25, 0.3) is 11.1 Å². The minimum atomic E-state index is -0.283. The molecule has 4 aromatic rings. The van der Waals surface area contributed by atoms with Crippen LogP contribution in [-0.4, -0.2) is 21.1 Å². The summed E-state index contributed by atoms with van der Waals surface area (Å²) in [7, 11) is 6.25. The van der Waals surface area contributed by atoms with E-state index in [0.29, 0.717) is 0 Å². The Kier molecular flexibility index (Phi) is 5.90. The molecule has 4 aromatic carbocycles. The number of nitrogens with one attached hydrogen (secondary N) is 1. The predicted molar refractivity (Wildman–Crippen MR) is 130 cm³/mol. The zero-order valence-corrected chi connectivity index (χ0v) is 19.3. The molecular weight excluding hydrogens is 430 g/mol. The highest BCUT2D eigenvalue weighted by Crippen LogP contribution is 2.55. The Bertz CT molecular complexity index is 1080. The second-order valence-corrected chi connectivity index (χ2v) is 9.13. The van der Waals surface area contributed by atoms with Gasteiger partial charge in [-0.05, 0) is 45.5 Å². The lowest BCUT2D eigenvalue weighted by atomic mass is 9.68. The molecule has 0 fully saturated rings. The molecule has 0 heterocycles. The number of hydrogen-bond donors (Lipinski definition) is 1. The predicted octanol–water partition coefficient (Wildman–Crippen LogP) is 5.57. The molecule has 0 aromatic heterocycles. The third kappa shape index (κ3) is 3.51. The fourth-order valence-electron chi connectivity index (χ4n) is 4.41. The monoisotopic (exact) mass is 456 g/mol. The van der Waals surface area contributed by atoms with E-state index in [1.807, 2.05) is 0 Å². The lowest BCUT2D eigenvalue weighted by Crippen LogP contribution is -3.02. The van der Waals surface area contributed by atoms with E-state index in [0.717, 1.165) is 4.47 Å². The molecule has 1 nitrogen and oxygen atoms in total. The summed E-state index contributed by atoms with van der Waals surface area (Å²) < 4.78 is 1.10. The average Bonchev–Trinajstić information content (AvgIpc) is 3.06. The summed E-state index contributed by atoms with van der Waals surface area (Å²) in [5.41, 5.74) is 7.69. The van der Waals surface area contributed by atoms with Crippen molar-refractivity contribution >= 4 is 15.9 Å². The highest BCUT2D eigenvalue weighted by atomic mass is 79.9. The zero-order valence-electron chi connectivity index (χ0n) is 17.7. The summed E-state index contributed by atoms with van der Waals surface area (Å²) in [6.07, 6.45) is 0. The van der Waals surface area contributed by atoms with Gasteiger partial charge in [0.1, 0.15) is 0 Å². The minimum absolute atomic E-state index is 0.283. The van der Waals surface area contributed by atoms with Crippen molar-refractivity contribution < 1.29 is 4.90 Å². The molecule has 30 heavy (non-hydrogen) atoms. The molecule has 0 spiro atoms. The fraction of sp³-hybridized carbons (Fsp3) is 0.143. The van der Waals surface area contributed by atoms with E-state index in [4.69, 9.17) is 0 Å². The molecule has 0 bridgehead atoms. The standard InChI is InChI=1S/C25H17Br.C3H9N/c26-20-16-14-19(15-17-20)25(18-8-2-1-3-9-18)23-12-6-4-10-21(23)22-11-5-7-13-24(22)25;1-4(2)3/h1-17H;1-3H3/p+1. The number of halogens is 1. The molecule has 0 saturated carbocycles. The van der Waals surface area contributed by atoms with Crippen LogP contribution in [0.15, 0.2) is 108 Å². The van der Waals surface area contributed by atoms with Crippen LogP contribution < -0.4 is 4.90 Å². The van der Waals surface area contributed by atoms with Crippen LogP contribution in [0.1, 0.15) is 22.3 Å². The van der Waals surface area contributed by atoms with E-state index in [-0.39, 0.29) is 5.41 Å². The Balaban J connectivity index is 0.000000503. The van der Waals surface area contributed by atoms with Crippen LogP contribution in [0.4, 0.5) is 0 Å². The van der Waals surface area contributed by atoms with E-state index in [9.17, 15) is 0 Å². The number of quaternary nitrogens is 1. The normalized spacial score (nSPS) is 13.2. The summed E-state index contributed by atoms with van der Waals surface area (Å²) in [6, 6.07) is 37.3. The van der Waals surface area contributed by atoms with Gasteiger partial charge in [-0.25, -0.2) is 0 Å². The second-order valence-electron chi connectivity index (χ2n) is 8.21. The van der Waals surface area contributed by atoms with Gasteiger partial charge in [-0.2, -0.15) is 0 Å². The lowest BCUT2D eigenvalue weighted by molar-refractivity contribution is -0.836. The van der Waals surface area contributed by atoms with Gasteiger partial charge in [0.25, 0.3) is 0 Å². The molecule has 1 aliphatic rings. The third-order valence-electron chi connectivity index (χ3n) is 5.44. The average molecular weight is 457 g/mol. The summed E-state index contributed by atoms with van der Waals surface area (Å²) >= 11 is 3.59. The molecular formula is C28H27BrN+. The molecule has 2 heteroatoms. The van der Waals surface area contributed by atoms with Crippen LogP contribution in [0, 0.1) is 0 Å². The van der Waals surface area contributed by atoms with Gasteiger partial charge in [0, 0.05) is 4.47 Å². The van der Waals surface area contributed by atoms with E-state index in [1.165, 1.54) is 38.3 Å². The Morgan fingerprint density at radius 3 is 1.43 bits per heavy atom. The fourth-order valence-corrected chi connectivity index (χ4v) is 4.68. The summed E-state index contributed by atoms with van der Waals surface area (Å²) in [6.45, 7) is 0. The number of fused-ring (bicyclic) bond motifs is 3. The van der Waals surface area contributed by atoms with Crippen LogP contribution in [0.2, 0.25) is 0 Å². The van der Waals surface area contributed by atoms with Gasteiger partial charge < -0.3 is 4.90 Å². The molecule has 0 atom stereocenters. The van der Waals surface area contributed by atoms with Crippen molar-refractivity contribution in [1.82, 2.24) is 0 Å². The van der Waals surface area contributed by atoms with Crippen molar-refractivity contribution in [3.8, 4) is 11.1 Å². The maximum Gasteiger partial charge on any atom is 0.0713 e. The quantitative estimate of drug-likeness (QED) is 0.353. The molecule has 1 aliphatic carbocycles. The highest BCUT2D eigenvalue weighted by Gasteiger charge is 2.45. The van der Waals surface area contributed by atoms with Crippen molar-refractivity contribution in [2.75, 3.05) is 21.1 Å². The highest BCUT2D eigenvalue weighted by molar-refractivity contribution is 9.10. The van der Waals surface area contributed by atoms with E-state index < -0.39 is 0 Å². The first kappa shape index (κ1) is 20.6. The second kappa shape index (κ2) is 8.59. The van der Waals surface area contributed by atoms with Gasteiger partial charge in [-0.1, -0.05) is 107 Å². The SMILES string of the molecule is Brc1ccc(C2(c3ccccc3)c3ccccc3-c3ccccc32)cc1.C[NH+](C)C. The van der Waals surface area contributed by atoms with Crippen molar-refractivity contribution in [2.24, 2.45) is 0 Å². The van der Waals surface area contributed by atoms with Gasteiger partial charge in [-0.15, -0.1) is 0 Å². The van der Waals surface area contributed by atoms with Crippen molar-refractivity contribution in [2.45, 2.75) is 5.41 Å². The topological polar surface area (TPSA) is 4.44 Å². The summed E-state index contributed by atoms with van der Waals surface area (Å²) in [5.74, 6) is 0. The van der Waals surface area contributed by atoms with Crippen LogP contribution in [-0.2, 0) is 5.41 Å². The van der Waals surface area contributed by atoms with Gasteiger partial charge in [0.05, 0.1) is 26.6 Å². The number of hydrogen-bond acceptors (Lipinski definition) is 0. The first-order chi connectivity index (χ1) is 14.5. The first-order valence-corrected chi connectivity index (χ1v) is 11.1. The van der Waals surface area contributed by atoms with Crippen LogP contribution >= 0.6 is 15.9 Å². The van der Waals surface area contributed by atoms with Crippen LogP contribution in [0.3, 0.4) is 0 Å². The van der Waals surface area contributed by atoms with Gasteiger partial charge in [0.15, 0.2) is 0 Å². The van der Waals surface area contributed by atoms with E-state index in [2.05, 4.69) is 140 Å². The molecule has 0 saturated heterocycles. The summed E-state index contributed by atoms with van der Waals surface area (Å²) in [4.78, 5) is 1.42. The van der Waals surface area contributed by atoms with Crippen molar-refractivity contribution in [3.63, 3.8) is 0 Å². The van der Waals surface area contributed by atoms with Gasteiger partial charge >= 0.3 is 0 Å². The molecule has 1 N–H and O–H groups in total. The maximum atomic E-state index is 3.59. The molecule has 5 rings (SSSR count). The molecule has 150 valence electrons. The number of benzene rings is 4. The molecule has 0 radical (unpaired) electrons. The van der Waals surface area contributed by atoms with Crippen LogP contribution in [0.5, 0.6) is 0 Å². The van der Waals surface area contributed by atoms with E-state index >= 15 is 0 Å². The van der Waals surface area contributed by atoms with Gasteiger partial charge in [-0.3, -0.25) is 0 Å². The molecule has 0 amide bonds. The third-order valence-corrected chi connectivity index (χ3v) is 5.97. The maximum absolute atomic E-state index is 3.59. The molecule has 0 unspecified atom stereocenters. The zero-order chi connectivity index (χ0) is 21.1. The Morgan fingerprint density at radius 1 is 0.533 bits per heavy atom. The van der Waals surface area contributed by atoms with E-state index in [1.54, 1.807) is 0 Å². The Hall–Kier alpha value is -2.68. The summed E-state index contributed by atoms with van der Waals surface area (Å²) in [5, 5.41) is 0. The van der Waals surface area contributed by atoms with Gasteiger partial charge in [0.2, 0.25) is 0 Å². The first-order valence-electron chi connectivity index (χ1n) is 10.3. The van der Waals surface area contributed by atoms with Crippen molar-refractivity contribution in [1.29, 1.82) is 0 Å². The Morgan fingerprint density at radius 2 is 0.933 bits per heavy atom.